The Morgan fingerprint density at radius 1 is 1.50 bits per heavy atom. The van der Waals surface area contributed by atoms with Crippen LogP contribution in [-0.2, 0) is 6.18 Å². The second kappa shape index (κ2) is 5.54. The number of alkyl halides is 3. The monoisotopic (exact) mass is 260 g/mol. The lowest BCUT2D eigenvalue weighted by Gasteiger charge is -2.14. The molecule has 0 saturated heterocycles. The Balaban J connectivity index is 3.20. The SMILES string of the molecule is C=CCOc1ccc(C(=O)NN)cc1C(F)(F)F. The number of carbonyl (C=O) groups is 1. The highest BCUT2D eigenvalue weighted by Crippen LogP contribution is 2.36. The fourth-order valence-electron chi connectivity index (χ4n) is 1.25. The second-order valence-corrected chi connectivity index (χ2v) is 3.28. The van der Waals surface area contributed by atoms with Gasteiger partial charge in [-0.25, -0.2) is 5.84 Å². The van der Waals surface area contributed by atoms with Crippen LogP contribution in [0.25, 0.3) is 0 Å². The molecule has 1 amide bonds. The van der Waals surface area contributed by atoms with Crippen molar-refractivity contribution < 1.29 is 22.7 Å². The summed E-state index contributed by atoms with van der Waals surface area (Å²) in [4.78, 5) is 11.2. The maximum Gasteiger partial charge on any atom is 0.419 e. The van der Waals surface area contributed by atoms with Crippen molar-refractivity contribution in [1.82, 2.24) is 5.43 Å². The lowest BCUT2D eigenvalue weighted by Crippen LogP contribution is -2.30. The average Bonchev–Trinajstić information content (AvgIpc) is 2.34. The molecule has 7 heteroatoms. The predicted molar refractivity (Wildman–Crippen MR) is 58.8 cm³/mol. The second-order valence-electron chi connectivity index (χ2n) is 3.28. The van der Waals surface area contributed by atoms with E-state index >= 15 is 0 Å². The summed E-state index contributed by atoms with van der Waals surface area (Å²) in [5.74, 6) is 3.68. The third-order valence-electron chi connectivity index (χ3n) is 2.03. The van der Waals surface area contributed by atoms with Crippen LogP contribution in [0.4, 0.5) is 13.2 Å². The Morgan fingerprint density at radius 3 is 2.67 bits per heavy atom. The summed E-state index contributed by atoms with van der Waals surface area (Å²) >= 11 is 0. The molecule has 18 heavy (non-hydrogen) atoms. The molecular weight excluding hydrogens is 249 g/mol. The van der Waals surface area contributed by atoms with E-state index in [-0.39, 0.29) is 17.9 Å². The number of rotatable bonds is 4. The summed E-state index contributed by atoms with van der Waals surface area (Å²) in [5.41, 5.74) is 0.524. The lowest BCUT2D eigenvalue weighted by molar-refractivity contribution is -0.138. The molecule has 0 aliphatic carbocycles. The maximum absolute atomic E-state index is 12.8. The summed E-state index contributed by atoms with van der Waals surface area (Å²) in [5, 5.41) is 0. The van der Waals surface area contributed by atoms with E-state index in [0.717, 1.165) is 6.07 Å². The Kier molecular flexibility index (Phi) is 4.33. The predicted octanol–water partition coefficient (Wildman–Crippen LogP) is 1.87. The highest BCUT2D eigenvalue weighted by molar-refractivity contribution is 5.94. The van der Waals surface area contributed by atoms with Crippen molar-refractivity contribution in [2.45, 2.75) is 6.18 Å². The molecule has 0 aromatic heterocycles. The first kappa shape index (κ1) is 14.0. The van der Waals surface area contributed by atoms with Crippen molar-refractivity contribution >= 4 is 5.91 Å². The van der Waals surface area contributed by atoms with Gasteiger partial charge in [0.2, 0.25) is 0 Å². The number of nitrogens with one attached hydrogen (secondary N) is 1. The van der Waals surface area contributed by atoms with Crippen LogP contribution >= 0.6 is 0 Å². The summed E-state index contributed by atoms with van der Waals surface area (Å²) in [6.07, 6.45) is -3.30. The molecule has 0 bridgehead atoms. The van der Waals surface area contributed by atoms with Gasteiger partial charge in [-0.3, -0.25) is 10.2 Å². The van der Waals surface area contributed by atoms with E-state index < -0.39 is 17.6 Å². The molecule has 3 N–H and O–H groups in total. The largest absolute Gasteiger partial charge is 0.489 e. The third kappa shape index (κ3) is 3.24. The Labute approximate surface area is 101 Å². The Morgan fingerprint density at radius 2 is 2.17 bits per heavy atom. The van der Waals surface area contributed by atoms with Gasteiger partial charge < -0.3 is 4.74 Å². The number of ether oxygens (including phenoxy) is 1. The van der Waals surface area contributed by atoms with Crippen molar-refractivity contribution in [2.75, 3.05) is 6.61 Å². The standard InChI is InChI=1S/C11H11F3N2O2/c1-2-5-18-9-4-3-7(10(17)16-15)6-8(9)11(12,13)14/h2-4,6H,1,5,15H2,(H,16,17). The normalized spacial score (nSPS) is 10.9. The molecule has 0 unspecified atom stereocenters. The summed E-state index contributed by atoms with van der Waals surface area (Å²) < 4.78 is 43.1. The highest BCUT2D eigenvalue weighted by atomic mass is 19.4. The molecule has 98 valence electrons. The van der Waals surface area contributed by atoms with Crippen LogP contribution in [0.3, 0.4) is 0 Å². The zero-order valence-electron chi connectivity index (χ0n) is 9.25. The molecule has 0 heterocycles. The number of nitrogen functional groups attached to an aromatic ring is 1. The van der Waals surface area contributed by atoms with Crippen LogP contribution in [0, 0.1) is 0 Å². The number of nitrogens with two attached hydrogens (primary N) is 1. The zero-order chi connectivity index (χ0) is 13.8. The summed E-state index contributed by atoms with van der Waals surface area (Å²) in [6.45, 7) is 3.28. The quantitative estimate of drug-likeness (QED) is 0.376. The van der Waals surface area contributed by atoms with Crippen LogP contribution in [0.5, 0.6) is 5.75 Å². The molecule has 0 fully saturated rings. The van der Waals surface area contributed by atoms with E-state index in [1.807, 2.05) is 0 Å². The molecule has 0 aliphatic rings. The molecule has 1 rings (SSSR count). The van der Waals surface area contributed by atoms with Crippen molar-refractivity contribution in [1.29, 1.82) is 0 Å². The van der Waals surface area contributed by atoms with Gasteiger partial charge in [-0.15, -0.1) is 0 Å². The van der Waals surface area contributed by atoms with Gasteiger partial charge in [0, 0.05) is 5.56 Å². The molecule has 0 atom stereocenters. The molecule has 4 nitrogen and oxygen atoms in total. The highest BCUT2D eigenvalue weighted by Gasteiger charge is 2.35. The fourth-order valence-corrected chi connectivity index (χ4v) is 1.25. The topological polar surface area (TPSA) is 64.3 Å². The summed E-state index contributed by atoms with van der Waals surface area (Å²) in [6, 6.07) is 2.94. The van der Waals surface area contributed by atoms with E-state index in [1.165, 1.54) is 12.1 Å². The number of amides is 1. The van der Waals surface area contributed by atoms with Crippen LogP contribution in [0.2, 0.25) is 0 Å². The molecule has 0 radical (unpaired) electrons. The molecular formula is C11H11F3N2O2. The van der Waals surface area contributed by atoms with E-state index in [1.54, 1.807) is 5.43 Å². The number of benzene rings is 1. The first-order valence-corrected chi connectivity index (χ1v) is 4.86. The van der Waals surface area contributed by atoms with Crippen molar-refractivity contribution in [3.63, 3.8) is 0 Å². The molecule has 0 spiro atoms. The van der Waals surface area contributed by atoms with Crippen molar-refractivity contribution in [3.8, 4) is 5.75 Å². The van der Waals surface area contributed by atoms with Crippen LogP contribution in [-0.4, -0.2) is 12.5 Å². The van der Waals surface area contributed by atoms with Crippen LogP contribution < -0.4 is 16.0 Å². The number of hydrogen-bond acceptors (Lipinski definition) is 3. The minimum Gasteiger partial charge on any atom is -0.489 e. The van der Waals surface area contributed by atoms with Gasteiger partial charge in [-0.2, -0.15) is 13.2 Å². The molecule has 1 aromatic carbocycles. The van der Waals surface area contributed by atoms with Gasteiger partial charge in [0.15, 0.2) is 0 Å². The first-order valence-electron chi connectivity index (χ1n) is 4.86. The minimum atomic E-state index is -4.62. The summed E-state index contributed by atoms with van der Waals surface area (Å²) in [7, 11) is 0. The van der Waals surface area contributed by atoms with Crippen molar-refractivity contribution in [2.24, 2.45) is 5.84 Å². The van der Waals surface area contributed by atoms with Crippen LogP contribution in [0.1, 0.15) is 15.9 Å². The Bertz CT molecular complexity index is 458. The van der Waals surface area contributed by atoms with Crippen LogP contribution in [0.15, 0.2) is 30.9 Å². The molecule has 0 aliphatic heterocycles. The zero-order valence-corrected chi connectivity index (χ0v) is 9.25. The van der Waals surface area contributed by atoms with Gasteiger partial charge in [0.05, 0.1) is 5.56 Å². The maximum atomic E-state index is 12.8. The van der Waals surface area contributed by atoms with E-state index in [0.29, 0.717) is 6.07 Å². The number of hydrogen-bond donors (Lipinski definition) is 2. The van der Waals surface area contributed by atoms with Gasteiger partial charge in [-0.05, 0) is 18.2 Å². The van der Waals surface area contributed by atoms with E-state index in [9.17, 15) is 18.0 Å². The smallest absolute Gasteiger partial charge is 0.419 e. The minimum absolute atomic E-state index is 0.0640. The third-order valence-corrected chi connectivity index (χ3v) is 2.03. The van der Waals surface area contributed by atoms with Gasteiger partial charge >= 0.3 is 6.18 Å². The van der Waals surface area contributed by atoms with E-state index in [2.05, 4.69) is 6.58 Å². The fraction of sp³-hybridized carbons (Fsp3) is 0.182. The lowest BCUT2D eigenvalue weighted by atomic mass is 10.1. The van der Waals surface area contributed by atoms with Gasteiger partial charge in [0.25, 0.3) is 5.91 Å². The molecule has 1 aromatic rings. The van der Waals surface area contributed by atoms with Crippen molar-refractivity contribution in [3.05, 3.63) is 42.0 Å². The van der Waals surface area contributed by atoms with Gasteiger partial charge in [-0.1, -0.05) is 12.7 Å². The average molecular weight is 260 g/mol. The molecule has 0 saturated carbocycles. The number of halogens is 3. The number of carbonyl (C=O) groups excluding carboxylic acids is 1. The van der Waals surface area contributed by atoms with Gasteiger partial charge in [0.1, 0.15) is 12.4 Å². The Hall–Kier alpha value is -2.02. The number of hydrazine groups is 1. The van der Waals surface area contributed by atoms with E-state index in [4.69, 9.17) is 10.6 Å². The first-order chi connectivity index (χ1) is 8.40.